The third kappa shape index (κ3) is 5.75. The van der Waals surface area contributed by atoms with Crippen LogP contribution in [0.15, 0.2) is 35.2 Å². The molecule has 0 unspecified atom stereocenters. The molecule has 1 aliphatic heterocycles. The van der Waals surface area contributed by atoms with Crippen molar-refractivity contribution in [3.63, 3.8) is 0 Å². The molecule has 0 spiro atoms. The number of nitrogens with zero attached hydrogens (tertiary/aromatic N) is 4. The zero-order valence-electron chi connectivity index (χ0n) is 16.9. The Morgan fingerprint density at radius 2 is 1.67 bits per heavy atom. The lowest BCUT2D eigenvalue weighted by Gasteiger charge is -2.22. The van der Waals surface area contributed by atoms with Crippen LogP contribution in [0.5, 0.6) is 0 Å². The average Bonchev–Trinajstić information content (AvgIpc) is 2.84. The second kappa shape index (κ2) is 9.67. The third-order valence-electron chi connectivity index (χ3n) is 5.10. The molecular formula is C19H26ClF3N4O2S. The molecular weight excluding hydrogens is 441 g/mol. The molecule has 0 saturated carbocycles. The van der Waals surface area contributed by atoms with Gasteiger partial charge >= 0.3 is 6.18 Å². The first kappa shape index (κ1) is 24.6. The van der Waals surface area contributed by atoms with E-state index in [1.165, 1.54) is 4.31 Å². The molecule has 3 rings (SSSR count). The number of halogens is 4. The number of hydrogen-bond donors (Lipinski definition) is 0. The SMILES string of the molecule is Cc1cc(C)n(CCN2CCCN(S(=O)(=O)c3ccc(C(F)(F)F)cc3)CC2)n1.Cl. The van der Waals surface area contributed by atoms with Gasteiger partial charge in [0.2, 0.25) is 10.0 Å². The fraction of sp³-hybridized carbons (Fsp3) is 0.526. The predicted molar refractivity (Wildman–Crippen MR) is 110 cm³/mol. The van der Waals surface area contributed by atoms with Crippen LogP contribution in [0.25, 0.3) is 0 Å². The first-order valence-electron chi connectivity index (χ1n) is 9.48. The Bertz CT molecular complexity index is 946. The van der Waals surface area contributed by atoms with Gasteiger partial charge in [-0.1, -0.05) is 0 Å². The molecule has 1 fully saturated rings. The van der Waals surface area contributed by atoms with Crippen LogP contribution in [0.4, 0.5) is 13.2 Å². The Labute approximate surface area is 181 Å². The van der Waals surface area contributed by atoms with Gasteiger partial charge in [-0.3, -0.25) is 4.68 Å². The lowest BCUT2D eigenvalue weighted by Crippen LogP contribution is -2.36. The van der Waals surface area contributed by atoms with Crippen molar-refractivity contribution in [2.45, 2.75) is 37.9 Å². The van der Waals surface area contributed by atoms with Crippen molar-refractivity contribution in [2.75, 3.05) is 32.7 Å². The van der Waals surface area contributed by atoms with Gasteiger partial charge in [-0.25, -0.2) is 8.42 Å². The maximum atomic E-state index is 12.8. The van der Waals surface area contributed by atoms with Crippen molar-refractivity contribution in [2.24, 2.45) is 0 Å². The van der Waals surface area contributed by atoms with Gasteiger partial charge in [0.1, 0.15) is 0 Å². The summed E-state index contributed by atoms with van der Waals surface area (Å²) >= 11 is 0. The largest absolute Gasteiger partial charge is 0.416 e. The molecule has 0 atom stereocenters. The van der Waals surface area contributed by atoms with Crippen LogP contribution in [0.2, 0.25) is 0 Å². The highest BCUT2D eigenvalue weighted by atomic mass is 35.5. The van der Waals surface area contributed by atoms with E-state index in [-0.39, 0.29) is 17.3 Å². The molecule has 6 nitrogen and oxygen atoms in total. The normalized spacial score (nSPS) is 16.8. The first-order chi connectivity index (χ1) is 13.6. The highest BCUT2D eigenvalue weighted by Gasteiger charge is 2.32. The number of aryl methyl sites for hydroxylation is 2. The van der Waals surface area contributed by atoms with E-state index in [0.29, 0.717) is 26.1 Å². The van der Waals surface area contributed by atoms with Gasteiger partial charge in [0, 0.05) is 31.9 Å². The highest BCUT2D eigenvalue weighted by Crippen LogP contribution is 2.30. The van der Waals surface area contributed by atoms with Crippen molar-refractivity contribution in [1.82, 2.24) is 19.0 Å². The minimum Gasteiger partial charge on any atom is -0.300 e. The Hall–Kier alpha value is -1.62. The Balaban J connectivity index is 0.00000320. The summed E-state index contributed by atoms with van der Waals surface area (Å²) in [6.07, 6.45) is -3.83. The fourth-order valence-electron chi connectivity index (χ4n) is 3.51. The average molecular weight is 467 g/mol. The van der Waals surface area contributed by atoms with Crippen LogP contribution in [-0.2, 0) is 22.7 Å². The number of alkyl halides is 3. The monoisotopic (exact) mass is 466 g/mol. The molecule has 2 aromatic rings. The quantitative estimate of drug-likeness (QED) is 0.678. The van der Waals surface area contributed by atoms with Gasteiger partial charge in [0.25, 0.3) is 0 Å². The van der Waals surface area contributed by atoms with E-state index in [0.717, 1.165) is 55.3 Å². The van der Waals surface area contributed by atoms with E-state index in [9.17, 15) is 21.6 Å². The number of rotatable bonds is 5. The summed E-state index contributed by atoms with van der Waals surface area (Å²) in [4.78, 5) is 2.08. The van der Waals surface area contributed by atoms with Crippen LogP contribution in [0, 0.1) is 13.8 Å². The van der Waals surface area contributed by atoms with Crippen LogP contribution in [-0.4, -0.2) is 60.1 Å². The molecule has 11 heteroatoms. The maximum absolute atomic E-state index is 12.8. The molecule has 0 bridgehead atoms. The van der Waals surface area contributed by atoms with Crippen LogP contribution < -0.4 is 0 Å². The fourth-order valence-corrected chi connectivity index (χ4v) is 4.98. The van der Waals surface area contributed by atoms with Gasteiger partial charge < -0.3 is 4.90 Å². The minimum absolute atomic E-state index is 0. The molecule has 0 amide bonds. The first-order valence-corrected chi connectivity index (χ1v) is 10.9. The number of aromatic nitrogens is 2. The molecule has 1 aromatic heterocycles. The van der Waals surface area contributed by atoms with Gasteiger partial charge in [-0.15, -0.1) is 12.4 Å². The van der Waals surface area contributed by atoms with Gasteiger partial charge in [0.05, 0.1) is 22.7 Å². The minimum atomic E-state index is -4.49. The van der Waals surface area contributed by atoms with E-state index < -0.39 is 21.8 Å². The van der Waals surface area contributed by atoms with Gasteiger partial charge in [-0.2, -0.15) is 22.6 Å². The molecule has 0 radical (unpaired) electrons. The molecule has 0 aliphatic carbocycles. The summed E-state index contributed by atoms with van der Waals surface area (Å²) in [6, 6.07) is 5.70. The molecule has 1 aliphatic rings. The zero-order chi connectivity index (χ0) is 21.2. The topological polar surface area (TPSA) is 58.4 Å². The van der Waals surface area contributed by atoms with Crippen LogP contribution in [0.1, 0.15) is 23.4 Å². The lowest BCUT2D eigenvalue weighted by molar-refractivity contribution is -0.137. The van der Waals surface area contributed by atoms with Crippen LogP contribution in [0.3, 0.4) is 0 Å². The Morgan fingerprint density at radius 1 is 1.00 bits per heavy atom. The van der Waals surface area contributed by atoms with Crippen molar-refractivity contribution in [3.05, 3.63) is 47.3 Å². The summed E-state index contributed by atoms with van der Waals surface area (Å²) in [5, 5.41) is 4.44. The van der Waals surface area contributed by atoms with E-state index in [4.69, 9.17) is 0 Å². The van der Waals surface area contributed by atoms with E-state index in [1.54, 1.807) is 0 Å². The Morgan fingerprint density at radius 3 is 2.23 bits per heavy atom. The van der Waals surface area contributed by atoms with E-state index in [2.05, 4.69) is 10.00 Å². The van der Waals surface area contributed by atoms with Crippen molar-refractivity contribution < 1.29 is 21.6 Å². The highest BCUT2D eigenvalue weighted by molar-refractivity contribution is 7.89. The number of sulfonamides is 1. The Kier molecular flexibility index (Phi) is 7.95. The second-order valence-corrected chi connectivity index (χ2v) is 9.21. The van der Waals surface area contributed by atoms with Gasteiger partial charge in [0.15, 0.2) is 0 Å². The molecule has 1 saturated heterocycles. The summed E-state index contributed by atoms with van der Waals surface area (Å²) < 4.78 is 67.1. The molecule has 0 N–H and O–H groups in total. The van der Waals surface area contributed by atoms with Gasteiger partial charge in [-0.05, 0) is 57.1 Å². The lowest BCUT2D eigenvalue weighted by atomic mass is 10.2. The molecule has 30 heavy (non-hydrogen) atoms. The molecule has 1 aromatic carbocycles. The van der Waals surface area contributed by atoms with Crippen LogP contribution >= 0.6 is 12.4 Å². The smallest absolute Gasteiger partial charge is 0.300 e. The predicted octanol–water partition coefficient (Wildman–Crippen LogP) is 3.34. The number of hydrogen-bond acceptors (Lipinski definition) is 4. The maximum Gasteiger partial charge on any atom is 0.416 e. The zero-order valence-corrected chi connectivity index (χ0v) is 18.5. The van der Waals surface area contributed by atoms with Crippen molar-refractivity contribution >= 4 is 22.4 Å². The molecule has 168 valence electrons. The van der Waals surface area contributed by atoms with Crippen molar-refractivity contribution in [3.8, 4) is 0 Å². The number of benzene rings is 1. The summed E-state index contributed by atoms with van der Waals surface area (Å²) in [5.74, 6) is 0. The van der Waals surface area contributed by atoms with E-state index >= 15 is 0 Å². The summed E-state index contributed by atoms with van der Waals surface area (Å²) in [7, 11) is -3.82. The summed E-state index contributed by atoms with van der Waals surface area (Å²) in [5.41, 5.74) is 1.19. The standard InChI is InChI=1S/C19H25F3N4O2S.ClH/c1-15-14-16(2)26(23-15)13-11-24-8-3-9-25(12-10-24)29(27,28)18-6-4-17(5-7-18)19(20,21)22;/h4-7,14H,3,8-13H2,1-2H3;1H. The van der Waals surface area contributed by atoms with Crippen molar-refractivity contribution in [1.29, 1.82) is 0 Å². The molecule has 2 heterocycles. The van der Waals surface area contributed by atoms with E-state index in [1.807, 2.05) is 24.6 Å². The third-order valence-corrected chi connectivity index (χ3v) is 7.01. The second-order valence-electron chi connectivity index (χ2n) is 7.27. The summed E-state index contributed by atoms with van der Waals surface area (Å²) in [6.45, 7) is 7.42.